The predicted octanol–water partition coefficient (Wildman–Crippen LogP) is 3.70. The normalized spacial score (nSPS) is 13.8. The molecular weight excluding hydrogens is 270 g/mol. The quantitative estimate of drug-likeness (QED) is 0.567. The van der Waals surface area contributed by atoms with Crippen molar-refractivity contribution in [2.45, 2.75) is 35.4 Å². The zero-order chi connectivity index (χ0) is 11.2. The van der Waals surface area contributed by atoms with E-state index in [9.17, 15) is 4.79 Å². The van der Waals surface area contributed by atoms with Crippen molar-refractivity contribution in [3.05, 3.63) is 0 Å². The van der Waals surface area contributed by atoms with E-state index in [-0.39, 0.29) is 12.0 Å². The largest absolute Gasteiger partial charge is 0.461 e. The average molecular weight is 282 g/mol. The van der Waals surface area contributed by atoms with Crippen LogP contribution in [0.25, 0.3) is 0 Å². The summed E-state index contributed by atoms with van der Waals surface area (Å²) >= 11 is 21.7. The Balaban J connectivity index is 3.67. The number of hydrogen-bond donors (Lipinski definition) is 0. The molecule has 14 heavy (non-hydrogen) atoms. The van der Waals surface area contributed by atoms with Crippen LogP contribution in [0.4, 0.5) is 0 Å². The van der Waals surface area contributed by atoms with Gasteiger partial charge >= 0.3 is 5.97 Å². The minimum atomic E-state index is -2.01. The maximum absolute atomic E-state index is 11.0. The average Bonchev–Trinajstić information content (AvgIpc) is 2.09. The van der Waals surface area contributed by atoms with E-state index in [4.69, 9.17) is 51.1 Å². The summed E-state index contributed by atoms with van der Waals surface area (Å²) in [5.74, 6) is -0.885. The van der Waals surface area contributed by atoms with Gasteiger partial charge in [0.05, 0.1) is 5.38 Å². The number of esters is 1. The van der Waals surface area contributed by atoms with Gasteiger partial charge in [0.2, 0.25) is 0 Å². The lowest BCUT2D eigenvalue weighted by atomic mass is 10.2. The van der Waals surface area contributed by atoms with Crippen LogP contribution in [0, 0.1) is 0 Å². The first-order valence-electron chi connectivity index (χ1n) is 4.26. The number of unbranched alkanes of at least 4 members (excludes halogenated alkanes) is 1. The number of carbonyl (C=O) groups is 1. The fourth-order valence-electron chi connectivity index (χ4n) is 0.757. The molecule has 0 aromatic rings. The molecule has 0 bridgehead atoms. The van der Waals surface area contributed by atoms with E-state index >= 15 is 0 Å². The Labute approximate surface area is 104 Å². The third kappa shape index (κ3) is 6.99. The van der Waals surface area contributed by atoms with E-state index in [1.54, 1.807) is 0 Å². The van der Waals surface area contributed by atoms with E-state index in [0.29, 0.717) is 0 Å². The maximum atomic E-state index is 11.0. The zero-order valence-electron chi connectivity index (χ0n) is 7.73. The van der Waals surface area contributed by atoms with Crippen LogP contribution in [0.2, 0.25) is 0 Å². The summed E-state index contributed by atoms with van der Waals surface area (Å²) in [4.78, 5) is 11.0. The highest BCUT2D eigenvalue weighted by Crippen LogP contribution is 2.27. The third-order valence-corrected chi connectivity index (χ3v) is 2.30. The molecule has 0 saturated carbocycles. The minimum Gasteiger partial charge on any atom is -0.461 e. The Morgan fingerprint density at radius 1 is 1.43 bits per heavy atom. The van der Waals surface area contributed by atoms with Gasteiger partial charge in [0, 0.05) is 0 Å². The summed E-state index contributed by atoms with van der Waals surface area (Å²) < 4.78 is 2.69. The van der Waals surface area contributed by atoms with Crippen molar-refractivity contribution in [1.29, 1.82) is 0 Å². The molecule has 0 N–H and O–H groups in total. The van der Waals surface area contributed by atoms with Crippen LogP contribution < -0.4 is 0 Å². The molecule has 0 aliphatic heterocycles. The second kappa shape index (κ2) is 7.00. The van der Waals surface area contributed by atoms with Crippen LogP contribution >= 0.6 is 46.4 Å². The molecule has 84 valence electrons. The van der Waals surface area contributed by atoms with Gasteiger partial charge in [0.15, 0.2) is 0 Å². The smallest absolute Gasteiger partial charge is 0.358 e. The first-order chi connectivity index (χ1) is 6.38. The van der Waals surface area contributed by atoms with Gasteiger partial charge in [-0.2, -0.15) is 0 Å². The van der Waals surface area contributed by atoms with Crippen molar-refractivity contribution in [2.75, 3.05) is 6.61 Å². The predicted molar refractivity (Wildman–Crippen MR) is 60.4 cm³/mol. The molecule has 0 aliphatic carbocycles. The Bertz CT molecular complexity index is 179. The third-order valence-electron chi connectivity index (χ3n) is 1.50. The van der Waals surface area contributed by atoms with Gasteiger partial charge in [0.25, 0.3) is 3.79 Å². The van der Waals surface area contributed by atoms with Gasteiger partial charge in [-0.25, -0.2) is 4.79 Å². The van der Waals surface area contributed by atoms with Crippen molar-refractivity contribution in [3.63, 3.8) is 0 Å². The van der Waals surface area contributed by atoms with Crippen molar-refractivity contribution < 1.29 is 9.53 Å². The highest BCUT2D eigenvalue weighted by Gasteiger charge is 2.32. The van der Waals surface area contributed by atoms with Crippen molar-refractivity contribution in [3.8, 4) is 0 Å². The fourth-order valence-corrected chi connectivity index (χ4v) is 1.14. The zero-order valence-corrected chi connectivity index (χ0v) is 10.8. The Morgan fingerprint density at radius 2 is 2.00 bits per heavy atom. The van der Waals surface area contributed by atoms with Gasteiger partial charge in [-0.05, 0) is 6.42 Å². The molecule has 0 amide bonds. The monoisotopic (exact) mass is 280 g/mol. The Hall–Kier alpha value is 0.630. The van der Waals surface area contributed by atoms with Gasteiger partial charge in [-0.1, -0.05) is 54.6 Å². The van der Waals surface area contributed by atoms with Gasteiger partial charge in [0.1, 0.15) is 6.61 Å². The minimum absolute atomic E-state index is 0.0777. The second-order valence-corrected chi connectivity index (χ2v) is 5.73. The van der Waals surface area contributed by atoms with Crippen LogP contribution in [0.3, 0.4) is 0 Å². The molecule has 1 unspecified atom stereocenters. The lowest BCUT2D eigenvalue weighted by Crippen LogP contribution is -2.25. The maximum Gasteiger partial charge on any atom is 0.358 e. The molecule has 0 fully saturated rings. The molecule has 0 spiro atoms. The SMILES string of the molecule is CCCCC(Cl)COC(=O)C(Cl)(Cl)Cl. The van der Waals surface area contributed by atoms with E-state index in [1.807, 2.05) is 0 Å². The van der Waals surface area contributed by atoms with Crippen molar-refractivity contribution in [2.24, 2.45) is 0 Å². The molecule has 6 heteroatoms. The van der Waals surface area contributed by atoms with E-state index in [0.717, 1.165) is 19.3 Å². The summed E-state index contributed by atoms with van der Waals surface area (Å²) in [5.41, 5.74) is 0. The van der Waals surface area contributed by atoms with Crippen LogP contribution in [0.15, 0.2) is 0 Å². The summed E-state index contributed by atoms with van der Waals surface area (Å²) in [6, 6.07) is 0. The molecule has 0 radical (unpaired) electrons. The lowest BCUT2D eigenvalue weighted by Gasteiger charge is -2.13. The van der Waals surface area contributed by atoms with Crippen molar-refractivity contribution >= 4 is 52.4 Å². The van der Waals surface area contributed by atoms with Crippen molar-refractivity contribution in [1.82, 2.24) is 0 Å². The highest BCUT2D eigenvalue weighted by atomic mass is 35.6. The standard InChI is InChI=1S/C8H12Cl4O2/c1-2-3-4-6(9)5-14-7(13)8(10,11)12/h6H,2-5H2,1H3. The summed E-state index contributed by atoms with van der Waals surface area (Å²) in [6.45, 7) is 2.13. The number of rotatable bonds is 5. The molecule has 0 aliphatic rings. The van der Waals surface area contributed by atoms with Crippen LogP contribution in [0.5, 0.6) is 0 Å². The number of carbonyl (C=O) groups excluding carboxylic acids is 1. The van der Waals surface area contributed by atoms with E-state index in [2.05, 4.69) is 6.92 Å². The molecule has 0 saturated heterocycles. The first-order valence-corrected chi connectivity index (χ1v) is 5.83. The lowest BCUT2D eigenvalue weighted by molar-refractivity contribution is -0.142. The Morgan fingerprint density at radius 3 is 2.43 bits per heavy atom. The number of ether oxygens (including phenoxy) is 1. The number of hydrogen-bond acceptors (Lipinski definition) is 2. The van der Waals surface area contributed by atoms with Crippen LogP contribution in [0.1, 0.15) is 26.2 Å². The number of alkyl halides is 4. The fraction of sp³-hybridized carbons (Fsp3) is 0.875. The summed E-state index contributed by atoms with van der Waals surface area (Å²) in [7, 11) is 0. The first kappa shape index (κ1) is 14.6. The van der Waals surface area contributed by atoms with E-state index < -0.39 is 9.76 Å². The molecule has 1 atom stereocenters. The summed E-state index contributed by atoms with van der Waals surface area (Å²) in [5, 5.41) is -0.216. The summed E-state index contributed by atoms with van der Waals surface area (Å²) in [6.07, 6.45) is 2.81. The topological polar surface area (TPSA) is 26.3 Å². The molecule has 0 heterocycles. The van der Waals surface area contributed by atoms with Gasteiger partial charge < -0.3 is 4.74 Å². The number of halogens is 4. The van der Waals surface area contributed by atoms with E-state index in [1.165, 1.54) is 0 Å². The highest BCUT2D eigenvalue weighted by molar-refractivity contribution is 6.75. The van der Waals surface area contributed by atoms with Gasteiger partial charge in [-0.15, -0.1) is 11.6 Å². The second-order valence-electron chi connectivity index (χ2n) is 2.84. The molecular formula is C8H12Cl4O2. The van der Waals surface area contributed by atoms with Gasteiger partial charge in [-0.3, -0.25) is 0 Å². The molecule has 0 aromatic heterocycles. The molecule has 0 aromatic carbocycles. The van der Waals surface area contributed by atoms with Crippen LogP contribution in [-0.2, 0) is 9.53 Å². The molecule has 2 nitrogen and oxygen atoms in total. The van der Waals surface area contributed by atoms with Crippen LogP contribution in [-0.4, -0.2) is 21.7 Å². The molecule has 0 rings (SSSR count). The Kier molecular flexibility index (Phi) is 7.31.